The molecule has 1 aromatic carbocycles. The quantitative estimate of drug-likeness (QED) is 0.741. The van der Waals surface area contributed by atoms with E-state index in [4.69, 9.17) is 23.2 Å². The first-order valence-electron chi connectivity index (χ1n) is 6.35. The number of halogens is 2. The summed E-state index contributed by atoms with van der Waals surface area (Å²) in [5.41, 5.74) is 1.45. The van der Waals surface area contributed by atoms with E-state index in [-0.39, 0.29) is 6.04 Å². The molecule has 0 aliphatic rings. The fraction of sp³-hybridized carbons (Fsp3) is 0.231. The molecule has 6 nitrogen and oxygen atoms in total. The van der Waals surface area contributed by atoms with Crippen molar-refractivity contribution in [2.45, 2.75) is 19.9 Å². The zero-order chi connectivity index (χ0) is 15.0. The zero-order valence-electron chi connectivity index (χ0n) is 11.4. The molecule has 0 fully saturated rings. The molecule has 2 aromatic heterocycles. The lowest BCUT2D eigenvalue weighted by Gasteiger charge is -2.03. The van der Waals surface area contributed by atoms with Crippen molar-refractivity contribution in [2.75, 3.05) is 0 Å². The van der Waals surface area contributed by atoms with Crippen LogP contribution in [0.1, 0.15) is 19.9 Å². The van der Waals surface area contributed by atoms with Crippen molar-refractivity contribution >= 4 is 23.2 Å². The Hall–Kier alpha value is -1.92. The number of hydrogen-bond donors (Lipinski definition) is 0. The topological polar surface area (TPSA) is 61.4 Å². The minimum Gasteiger partial charge on any atom is -0.221 e. The van der Waals surface area contributed by atoms with Crippen molar-refractivity contribution in [1.82, 2.24) is 30.0 Å². The molecule has 0 atom stereocenters. The van der Waals surface area contributed by atoms with E-state index in [1.165, 1.54) is 4.80 Å². The third kappa shape index (κ3) is 2.64. The van der Waals surface area contributed by atoms with Crippen LogP contribution in [0.3, 0.4) is 0 Å². The second-order valence-electron chi connectivity index (χ2n) is 4.76. The predicted molar refractivity (Wildman–Crippen MR) is 80.8 cm³/mol. The molecule has 0 saturated heterocycles. The summed E-state index contributed by atoms with van der Waals surface area (Å²) in [4.78, 5) is 1.53. The molecular formula is C13H12Cl2N6. The maximum absolute atomic E-state index is 6.37. The van der Waals surface area contributed by atoms with Crippen molar-refractivity contribution in [2.24, 2.45) is 0 Å². The van der Waals surface area contributed by atoms with Crippen LogP contribution in [0.15, 0.2) is 30.5 Å². The standard InChI is InChI=1S/C13H12Cl2N6/c1-8(2)21-18-13(17-19-21)11-7-16-20(12(11)15)10-5-3-9(14)4-6-10/h3-8H,1-2H3. The number of hydrogen-bond acceptors (Lipinski definition) is 4. The number of tetrazole rings is 1. The van der Waals surface area contributed by atoms with Gasteiger partial charge in [0.05, 0.1) is 23.5 Å². The highest BCUT2D eigenvalue weighted by Gasteiger charge is 2.17. The molecule has 0 radical (unpaired) electrons. The van der Waals surface area contributed by atoms with Gasteiger partial charge in [-0.3, -0.25) is 0 Å². The van der Waals surface area contributed by atoms with Gasteiger partial charge >= 0.3 is 0 Å². The Morgan fingerprint density at radius 3 is 2.43 bits per heavy atom. The van der Waals surface area contributed by atoms with E-state index in [0.717, 1.165) is 5.69 Å². The number of nitrogens with zero attached hydrogens (tertiary/aromatic N) is 6. The third-order valence-electron chi connectivity index (χ3n) is 2.91. The third-order valence-corrected chi connectivity index (χ3v) is 3.53. The summed E-state index contributed by atoms with van der Waals surface area (Å²) >= 11 is 12.3. The van der Waals surface area contributed by atoms with Gasteiger partial charge in [-0.2, -0.15) is 9.90 Å². The average Bonchev–Trinajstić information content (AvgIpc) is 3.06. The largest absolute Gasteiger partial charge is 0.221 e. The Bertz CT molecular complexity index is 759. The molecule has 3 aromatic rings. The molecule has 0 aliphatic carbocycles. The number of rotatable bonds is 3. The van der Waals surface area contributed by atoms with Crippen LogP contribution in [0.5, 0.6) is 0 Å². The molecule has 108 valence electrons. The van der Waals surface area contributed by atoms with Crippen LogP contribution in [0, 0.1) is 0 Å². The summed E-state index contributed by atoms with van der Waals surface area (Å²) in [6.07, 6.45) is 1.62. The average molecular weight is 323 g/mol. The summed E-state index contributed by atoms with van der Waals surface area (Å²) in [6.45, 7) is 3.95. The first-order chi connectivity index (χ1) is 10.1. The van der Waals surface area contributed by atoms with Crippen molar-refractivity contribution in [3.8, 4) is 17.1 Å². The maximum atomic E-state index is 6.37. The van der Waals surface area contributed by atoms with E-state index >= 15 is 0 Å². The van der Waals surface area contributed by atoms with E-state index < -0.39 is 0 Å². The fourth-order valence-corrected chi connectivity index (χ4v) is 2.20. The van der Waals surface area contributed by atoms with Crippen LogP contribution in [-0.2, 0) is 0 Å². The fourth-order valence-electron chi connectivity index (χ4n) is 1.80. The second kappa shape index (κ2) is 5.46. The smallest absolute Gasteiger partial charge is 0.209 e. The monoisotopic (exact) mass is 322 g/mol. The van der Waals surface area contributed by atoms with Crippen LogP contribution in [-0.4, -0.2) is 30.0 Å². The number of benzene rings is 1. The summed E-state index contributed by atoms with van der Waals surface area (Å²) in [5.74, 6) is 0.453. The molecule has 0 aliphatic heterocycles. The van der Waals surface area contributed by atoms with Crippen LogP contribution in [0.25, 0.3) is 17.1 Å². The first kappa shape index (κ1) is 14.0. The molecule has 0 N–H and O–H groups in total. The molecule has 8 heteroatoms. The van der Waals surface area contributed by atoms with Crippen molar-refractivity contribution in [3.05, 3.63) is 40.6 Å². The van der Waals surface area contributed by atoms with Crippen LogP contribution in [0.2, 0.25) is 10.2 Å². The van der Waals surface area contributed by atoms with E-state index in [1.54, 1.807) is 23.0 Å². The Balaban J connectivity index is 2.00. The van der Waals surface area contributed by atoms with E-state index in [0.29, 0.717) is 21.6 Å². The lowest BCUT2D eigenvalue weighted by atomic mass is 10.3. The van der Waals surface area contributed by atoms with Crippen LogP contribution < -0.4 is 0 Å². The highest BCUT2D eigenvalue weighted by Crippen LogP contribution is 2.27. The molecular weight excluding hydrogens is 311 g/mol. The second-order valence-corrected chi connectivity index (χ2v) is 5.56. The Labute approximate surface area is 131 Å². The highest BCUT2D eigenvalue weighted by molar-refractivity contribution is 6.32. The van der Waals surface area contributed by atoms with Gasteiger partial charge in [-0.1, -0.05) is 23.2 Å². The summed E-state index contributed by atoms with van der Waals surface area (Å²) < 4.78 is 1.60. The first-order valence-corrected chi connectivity index (χ1v) is 7.11. The molecule has 2 heterocycles. The minimum absolute atomic E-state index is 0.135. The van der Waals surface area contributed by atoms with Gasteiger partial charge in [0.1, 0.15) is 5.15 Å². The summed E-state index contributed by atoms with van der Waals surface area (Å²) in [5, 5.41) is 17.7. The molecule has 0 amide bonds. The van der Waals surface area contributed by atoms with E-state index in [1.807, 2.05) is 26.0 Å². The van der Waals surface area contributed by atoms with Gasteiger partial charge in [0.25, 0.3) is 0 Å². The van der Waals surface area contributed by atoms with Gasteiger partial charge in [-0.05, 0) is 43.3 Å². The van der Waals surface area contributed by atoms with E-state index in [9.17, 15) is 0 Å². The van der Waals surface area contributed by atoms with Crippen molar-refractivity contribution in [1.29, 1.82) is 0 Å². The number of aromatic nitrogens is 6. The highest BCUT2D eigenvalue weighted by atomic mass is 35.5. The van der Waals surface area contributed by atoms with Crippen molar-refractivity contribution in [3.63, 3.8) is 0 Å². The van der Waals surface area contributed by atoms with Crippen LogP contribution >= 0.6 is 23.2 Å². The van der Waals surface area contributed by atoms with E-state index in [2.05, 4.69) is 20.5 Å². The van der Waals surface area contributed by atoms with Gasteiger partial charge in [0.15, 0.2) is 0 Å². The molecule has 3 rings (SSSR count). The molecule has 21 heavy (non-hydrogen) atoms. The van der Waals surface area contributed by atoms with Gasteiger partial charge < -0.3 is 0 Å². The summed E-state index contributed by atoms with van der Waals surface area (Å²) in [6, 6.07) is 7.37. The SMILES string of the molecule is CC(C)n1nnc(-c2cnn(-c3ccc(Cl)cc3)c2Cl)n1. The maximum Gasteiger partial charge on any atom is 0.209 e. The Morgan fingerprint density at radius 2 is 1.81 bits per heavy atom. The van der Waals surface area contributed by atoms with Gasteiger partial charge in [0, 0.05) is 5.02 Å². The molecule has 0 saturated carbocycles. The minimum atomic E-state index is 0.135. The van der Waals surface area contributed by atoms with Gasteiger partial charge in [-0.25, -0.2) is 4.68 Å². The Morgan fingerprint density at radius 1 is 1.10 bits per heavy atom. The predicted octanol–water partition coefficient (Wildman–Crippen LogP) is 3.41. The molecule has 0 unspecified atom stereocenters. The Kier molecular flexibility index (Phi) is 3.65. The zero-order valence-corrected chi connectivity index (χ0v) is 12.9. The lowest BCUT2D eigenvalue weighted by Crippen LogP contribution is -2.04. The normalized spacial score (nSPS) is 11.3. The van der Waals surface area contributed by atoms with Crippen molar-refractivity contribution < 1.29 is 0 Å². The lowest BCUT2D eigenvalue weighted by molar-refractivity contribution is 0.455. The molecule has 0 bridgehead atoms. The summed E-state index contributed by atoms with van der Waals surface area (Å²) in [7, 11) is 0. The van der Waals surface area contributed by atoms with Gasteiger partial charge in [-0.15, -0.1) is 10.2 Å². The molecule has 0 spiro atoms. The van der Waals surface area contributed by atoms with Crippen LogP contribution in [0.4, 0.5) is 0 Å². The van der Waals surface area contributed by atoms with Gasteiger partial charge in [0.2, 0.25) is 5.82 Å².